The highest BCUT2D eigenvalue weighted by Crippen LogP contribution is 2.32. The fourth-order valence-electron chi connectivity index (χ4n) is 4.82. The van der Waals surface area contributed by atoms with Crippen molar-refractivity contribution in [2.75, 3.05) is 38.7 Å². The molecule has 9 heteroatoms. The summed E-state index contributed by atoms with van der Waals surface area (Å²) in [5.41, 5.74) is 1.95. The Labute approximate surface area is 199 Å². The third kappa shape index (κ3) is 4.42. The summed E-state index contributed by atoms with van der Waals surface area (Å²) in [5, 5.41) is 15.2. The summed E-state index contributed by atoms with van der Waals surface area (Å²) in [6.07, 6.45) is 5.28. The minimum absolute atomic E-state index is 0.00417. The van der Waals surface area contributed by atoms with Crippen molar-refractivity contribution < 1.29 is 24.2 Å². The largest absolute Gasteiger partial charge is 0.497 e. The Morgan fingerprint density at radius 1 is 1.18 bits per heavy atom. The lowest BCUT2D eigenvalue weighted by Crippen LogP contribution is -2.47. The Kier molecular flexibility index (Phi) is 6.72. The minimum atomic E-state index is -1.08. The Morgan fingerprint density at radius 3 is 2.44 bits per heavy atom. The number of piperidine rings is 1. The predicted octanol–water partition coefficient (Wildman–Crippen LogP) is 2.93. The Bertz CT molecular complexity index is 1070. The maximum Gasteiger partial charge on any atom is 0.356 e. The van der Waals surface area contributed by atoms with Gasteiger partial charge < -0.3 is 14.7 Å². The molecule has 1 aromatic rings. The molecule has 0 aromatic heterocycles. The maximum atomic E-state index is 13.2. The molecule has 1 aliphatic carbocycles. The fraction of sp³-hybridized carbons (Fsp3) is 0.440. The molecule has 0 radical (unpaired) electrons. The van der Waals surface area contributed by atoms with E-state index < -0.39 is 5.97 Å². The molecule has 1 saturated heterocycles. The third-order valence-electron chi connectivity index (χ3n) is 6.77. The Balaban J connectivity index is 1.39. The van der Waals surface area contributed by atoms with E-state index >= 15 is 0 Å². The van der Waals surface area contributed by atoms with Gasteiger partial charge in [0.1, 0.15) is 5.75 Å². The van der Waals surface area contributed by atoms with Crippen molar-refractivity contribution in [1.29, 1.82) is 0 Å². The van der Waals surface area contributed by atoms with Crippen molar-refractivity contribution in [2.24, 2.45) is 11.0 Å². The summed E-state index contributed by atoms with van der Waals surface area (Å²) in [7, 11) is 3.35. The van der Waals surface area contributed by atoms with Gasteiger partial charge in [0.25, 0.3) is 0 Å². The van der Waals surface area contributed by atoms with Crippen LogP contribution in [0.15, 0.2) is 52.7 Å². The van der Waals surface area contributed by atoms with E-state index in [1.165, 1.54) is 0 Å². The second kappa shape index (κ2) is 9.70. The molecule has 4 rings (SSSR count). The minimum Gasteiger partial charge on any atom is -0.497 e. The normalized spacial score (nSPS) is 20.2. The monoisotopic (exact) mass is 466 g/mol. The first kappa shape index (κ1) is 23.5. The van der Waals surface area contributed by atoms with Crippen LogP contribution in [0.2, 0.25) is 0 Å². The zero-order valence-corrected chi connectivity index (χ0v) is 19.7. The van der Waals surface area contributed by atoms with Crippen molar-refractivity contribution in [3.63, 3.8) is 0 Å². The van der Waals surface area contributed by atoms with Crippen molar-refractivity contribution in [3.8, 4) is 5.75 Å². The number of hydrazone groups is 1. The Hall–Kier alpha value is -3.62. The number of benzene rings is 1. The first-order chi connectivity index (χ1) is 16.3. The van der Waals surface area contributed by atoms with Gasteiger partial charge in [0.2, 0.25) is 0 Å². The average molecular weight is 467 g/mol. The van der Waals surface area contributed by atoms with Gasteiger partial charge in [0.05, 0.1) is 13.2 Å². The van der Waals surface area contributed by atoms with E-state index in [1.54, 1.807) is 35.0 Å². The molecular formula is C25H30N4O5. The molecule has 2 aliphatic heterocycles. The molecule has 2 heterocycles. The van der Waals surface area contributed by atoms with E-state index in [2.05, 4.69) is 5.10 Å². The summed E-state index contributed by atoms with van der Waals surface area (Å²) in [4.78, 5) is 41.4. The molecule has 3 aliphatic rings. The number of anilines is 1. The molecule has 1 fully saturated rings. The van der Waals surface area contributed by atoms with Gasteiger partial charge >= 0.3 is 12.0 Å². The van der Waals surface area contributed by atoms with Crippen LogP contribution in [0.4, 0.5) is 10.5 Å². The highest BCUT2D eigenvalue weighted by molar-refractivity contribution is 6.43. The number of urea groups is 1. The molecule has 0 spiro atoms. The SMILES string of the molecule is CCN(C(=O)N1CCC(C(=O)C2=CCC3C(=C2)C(C(=O)O)=NN3C)CC1)c1ccc(OC)cc1. The van der Waals surface area contributed by atoms with Crippen LogP contribution in [0.3, 0.4) is 0 Å². The van der Waals surface area contributed by atoms with Gasteiger partial charge in [0, 0.05) is 49.4 Å². The number of carbonyl (C=O) groups excluding carboxylic acids is 2. The fourth-order valence-corrected chi connectivity index (χ4v) is 4.82. The van der Waals surface area contributed by atoms with E-state index in [-0.39, 0.29) is 29.5 Å². The van der Waals surface area contributed by atoms with Gasteiger partial charge in [-0.1, -0.05) is 6.08 Å². The van der Waals surface area contributed by atoms with Crippen LogP contribution in [-0.2, 0) is 9.59 Å². The number of ether oxygens (including phenoxy) is 1. The number of hydrogen-bond acceptors (Lipinski definition) is 6. The molecule has 1 atom stereocenters. The summed E-state index contributed by atoms with van der Waals surface area (Å²) in [6, 6.07) is 7.17. The van der Waals surface area contributed by atoms with Crippen LogP contribution in [0.5, 0.6) is 5.75 Å². The van der Waals surface area contributed by atoms with Gasteiger partial charge in [-0.15, -0.1) is 0 Å². The number of carboxylic acid groups (broad SMARTS) is 1. The van der Waals surface area contributed by atoms with Gasteiger partial charge in [-0.25, -0.2) is 9.59 Å². The van der Waals surface area contributed by atoms with Crippen LogP contribution >= 0.6 is 0 Å². The van der Waals surface area contributed by atoms with E-state index in [4.69, 9.17) is 4.74 Å². The second-order valence-electron chi connectivity index (χ2n) is 8.69. The van der Waals surface area contributed by atoms with Crippen molar-refractivity contribution in [3.05, 3.63) is 47.6 Å². The topological polar surface area (TPSA) is 103 Å². The second-order valence-corrected chi connectivity index (χ2v) is 8.69. The number of fused-ring (bicyclic) bond motifs is 1. The maximum absolute atomic E-state index is 13.2. The molecule has 1 unspecified atom stereocenters. The number of Topliss-reactive ketones (excluding diaryl/α,β-unsaturated/α-hetero) is 1. The molecule has 34 heavy (non-hydrogen) atoms. The standard InChI is InChI=1S/C25H30N4O5/c1-4-29(18-6-8-19(34-3)9-7-18)25(33)28-13-11-16(12-14-28)23(30)17-5-10-21-20(15-17)22(24(31)32)26-27(21)2/h5-9,15-16,21H,4,10-14H2,1-3H3,(H,31,32). The number of rotatable bonds is 6. The number of carbonyl (C=O) groups is 3. The molecule has 1 N–H and O–H groups in total. The summed E-state index contributed by atoms with van der Waals surface area (Å²) in [5.74, 6) is -0.529. The van der Waals surface area contributed by atoms with E-state index in [0.29, 0.717) is 50.0 Å². The van der Waals surface area contributed by atoms with Crippen LogP contribution in [-0.4, -0.2) is 78.3 Å². The number of likely N-dealkylation sites (tertiary alicyclic amines) is 1. The number of ketones is 1. The molecule has 0 saturated carbocycles. The lowest BCUT2D eigenvalue weighted by atomic mass is 9.84. The summed E-state index contributed by atoms with van der Waals surface area (Å²) >= 11 is 0. The van der Waals surface area contributed by atoms with E-state index in [0.717, 1.165) is 11.4 Å². The molecule has 180 valence electrons. The quantitative estimate of drug-likeness (QED) is 0.692. The molecule has 2 amide bonds. The number of aliphatic carboxylic acids is 1. The highest BCUT2D eigenvalue weighted by atomic mass is 16.5. The average Bonchev–Trinajstić information content (AvgIpc) is 3.20. The highest BCUT2D eigenvalue weighted by Gasteiger charge is 2.37. The van der Waals surface area contributed by atoms with Gasteiger partial charge in [-0.05, 0) is 56.5 Å². The number of hydrogen-bond donors (Lipinski definition) is 1. The van der Waals surface area contributed by atoms with Crippen LogP contribution < -0.4 is 9.64 Å². The van der Waals surface area contributed by atoms with E-state index in [9.17, 15) is 19.5 Å². The smallest absolute Gasteiger partial charge is 0.356 e. The van der Waals surface area contributed by atoms with Crippen LogP contribution in [0.1, 0.15) is 26.2 Å². The van der Waals surface area contributed by atoms with Crippen LogP contribution in [0.25, 0.3) is 0 Å². The molecule has 1 aromatic carbocycles. The number of methoxy groups -OCH3 is 1. The lowest BCUT2D eigenvalue weighted by Gasteiger charge is -2.35. The lowest BCUT2D eigenvalue weighted by molar-refractivity contribution is -0.129. The Morgan fingerprint density at radius 2 is 1.85 bits per heavy atom. The number of amides is 2. The van der Waals surface area contributed by atoms with E-state index in [1.807, 2.05) is 37.3 Å². The van der Waals surface area contributed by atoms with Gasteiger partial charge in [0.15, 0.2) is 11.5 Å². The number of nitrogens with zero attached hydrogens (tertiary/aromatic N) is 4. The number of carboxylic acids is 1. The summed E-state index contributed by atoms with van der Waals surface area (Å²) in [6.45, 7) is 3.47. The van der Waals surface area contributed by atoms with Crippen molar-refractivity contribution in [2.45, 2.75) is 32.2 Å². The molecule has 9 nitrogen and oxygen atoms in total. The van der Waals surface area contributed by atoms with Crippen LogP contribution in [0, 0.1) is 5.92 Å². The molecule has 0 bridgehead atoms. The summed E-state index contributed by atoms with van der Waals surface area (Å²) < 4.78 is 5.20. The predicted molar refractivity (Wildman–Crippen MR) is 128 cm³/mol. The zero-order valence-electron chi connectivity index (χ0n) is 19.7. The van der Waals surface area contributed by atoms with Crippen molar-refractivity contribution >= 4 is 29.2 Å². The van der Waals surface area contributed by atoms with Crippen molar-refractivity contribution in [1.82, 2.24) is 9.91 Å². The first-order valence-electron chi connectivity index (χ1n) is 11.6. The molecular weight excluding hydrogens is 436 g/mol. The zero-order chi connectivity index (χ0) is 24.4. The first-order valence-corrected chi connectivity index (χ1v) is 11.6. The van der Waals surface area contributed by atoms with Gasteiger partial charge in [-0.2, -0.15) is 5.10 Å². The number of likely N-dealkylation sites (N-methyl/N-ethyl adjacent to an activating group) is 1. The third-order valence-corrected chi connectivity index (χ3v) is 6.77. The van der Waals surface area contributed by atoms with Gasteiger partial charge in [-0.3, -0.25) is 14.7 Å². The number of allylic oxidation sites excluding steroid dienone is 2.